The zero-order valence-electron chi connectivity index (χ0n) is 16.7. The summed E-state index contributed by atoms with van der Waals surface area (Å²) >= 11 is 0. The predicted molar refractivity (Wildman–Crippen MR) is 115 cm³/mol. The van der Waals surface area contributed by atoms with Gasteiger partial charge in [0.25, 0.3) is 5.91 Å². The van der Waals surface area contributed by atoms with Crippen LogP contribution in [-0.2, 0) is 11.3 Å². The fraction of sp³-hybridized carbons (Fsp3) is 0.200. The monoisotopic (exact) mass is 384 g/mol. The molecule has 4 nitrogen and oxygen atoms in total. The maximum Gasteiger partial charge on any atom is 0.255 e. The van der Waals surface area contributed by atoms with Gasteiger partial charge in [0.15, 0.2) is 0 Å². The molecule has 0 radical (unpaired) electrons. The Kier molecular flexibility index (Phi) is 5.17. The van der Waals surface area contributed by atoms with Gasteiger partial charge in [0.05, 0.1) is 12.5 Å². The Morgan fingerprint density at radius 1 is 0.966 bits per heavy atom. The Morgan fingerprint density at radius 2 is 1.66 bits per heavy atom. The largest absolute Gasteiger partial charge is 0.327 e. The van der Waals surface area contributed by atoms with E-state index in [1.54, 1.807) is 0 Å². The molecule has 0 unspecified atom stereocenters. The highest BCUT2D eigenvalue weighted by atomic mass is 16.2. The molecule has 146 valence electrons. The van der Waals surface area contributed by atoms with Gasteiger partial charge in [-0.25, -0.2) is 0 Å². The molecule has 4 heteroatoms. The summed E-state index contributed by atoms with van der Waals surface area (Å²) in [6.07, 6.45) is 0.205. The molecule has 0 saturated heterocycles. The number of rotatable bonds is 5. The summed E-state index contributed by atoms with van der Waals surface area (Å²) in [7, 11) is 0. The van der Waals surface area contributed by atoms with Crippen LogP contribution < -0.4 is 5.32 Å². The molecule has 0 fully saturated rings. The lowest BCUT2D eigenvalue weighted by Gasteiger charge is -2.28. The van der Waals surface area contributed by atoms with Gasteiger partial charge < -0.3 is 10.2 Å². The van der Waals surface area contributed by atoms with Crippen LogP contribution in [0.3, 0.4) is 0 Å². The summed E-state index contributed by atoms with van der Waals surface area (Å²) in [5, 5.41) is 3.00. The van der Waals surface area contributed by atoms with Crippen LogP contribution in [0.15, 0.2) is 72.8 Å². The molecular formula is C25H24N2O2. The van der Waals surface area contributed by atoms with E-state index in [-0.39, 0.29) is 24.3 Å². The van der Waals surface area contributed by atoms with Crippen molar-refractivity contribution < 1.29 is 9.59 Å². The number of hydrogen-bond acceptors (Lipinski definition) is 2. The number of para-hydroxylation sites is 1. The molecule has 0 saturated carbocycles. The molecule has 1 heterocycles. The van der Waals surface area contributed by atoms with Crippen molar-refractivity contribution in [2.24, 2.45) is 0 Å². The number of aryl methyl sites for hydroxylation is 2. The van der Waals surface area contributed by atoms with Gasteiger partial charge in [0.2, 0.25) is 5.91 Å². The molecular weight excluding hydrogens is 360 g/mol. The Hall–Kier alpha value is -3.40. The molecule has 0 spiro atoms. The maximum atomic E-state index is 13.1. The SMILES string of the molecule is Cc1ccc([C@H](CC(=O)Nc2ccccc2C)N2Cc3ccccc3C2=O)cc1. The van der Waals surface area contributed by atoms with Crippen LogP contribution in [-0.4, -0.2) is 16.7 Å². The first-order chi connectivity index (χ1) is 14.0. The van der Waals surface area contributed by atoms with Gasteiger partial charge in [-0.1, -0.05) is 66.2 Å². The second-order valence-electron chi connectivity index (χ2n) is 7.58. The topological polar surface area (TPSA) is 49.4 Å². The van der Waals surface area contributed by atoms with E-state index in [1.165, 1.54) is 0 Å². The zero-order chi connectivity index (χ0) is 20.4. The van der Waals surface area contributed by atoms with Crippen molar-refractivity contribution in [3.05, 3.63) is 101 Å². The summed E-state index contributed by atoms with van der Waals surface area (Å²) in [6, 6.07) is 23.1. The highest BCUT2D eigenvalue weighted by molar-refractivity contribution is 5.99. The third kappa shape index (κ3) is 3.92. The minimum Gasteiger partial charge on any atom is -0.327 e. The first kappa shape index (κ1) is 18.9. The van der Waals surface area contributed by atoms with Crippen molar-refractivity contribution >= 4 is 17.5 Å². The molecule has 4 rings (SSSR count). The molecule has 2 amide bonds. The Morgan fingerprint density at radius 3 is 2.38 bits per heavy atom. The molecule has 1 aliphatic heterocycles. The fourth-order valence-corrected chi connectivity index (χ4v) is 3.82. The van der Waals surface area contributed by atoms with Gasteiger partial charge in [-0.15, -0.1) is 0 Å². The van der Waals surface area contributed by atoms with Gasteiger partial charge in [-0.05, 0) is 42.7 Å². The second-order valence-corrected chi connectivity index (χ2v) is 7.58. The van der Waals surface area contributed by atoms with E-state index in [0.717, 1.165) is 33.5 Å². The summed E-state index contributed by atoms with van der Waals surface area (Å²) in [5.74, 6) is -0.122. The highest BCUT2D eigenvalue weighted by Crippen LogP contribution is 2.34. The molecule has 0 bridgehead atoms. The molecule has 3 aromatic rings. The zero-order valence-corrected chi connectivity index (χ0v) is 16.7. The highest BCUT2D eigenvalue weighted by Gasteiger charge is 2.34. The van der Waals surface area contributed by atoms with Crippen LogP contribution in [0.25, 0.3) is 0 Å². The van der Waals surface area contributed by atoms with Crippen LogP contribution in [0.4, 0.5) is 5.69 Å². The number of nitrogens with zero attached hydrogens (tertiary/aromatic N) is 1. The smallest absolute Gasteiger partial charge is 0.255 e. The number of amides is 2. The molecule has 1 aliphatic rings. The number of hydrogen-bond donors (Lipinski definition) is 1. The van der Waals surface area contributed by atoms with Crippen molar-refractivity contribution in [2.75, 3.05) is 5.32 Å². The van der Waals surface area contributed by atoms with Crippen molar-refractivity contribution in [1.82, 2.24) is 4.90 Å². The van der Waals surface area contributed by atoms with Crippen LogP contribution >= 0.6 is 0 Å². The predicted octanol–water partition coefficient (Wildman–Crippen LogP) is 5.03. The normalized spacial score (nSPS) is 13.9. The van der Waals surface area contributed by atoms with Crippen molar-refractivity contribution in [2.45, 2.75) is 32.9 Å². The van der Waals surface area contributed by atoms with Gasteiger partial charge >= 0.3 is 0 Å². The van der Waals surface area contributed by atoms with Crippen LogP contribution in [0.5, 0.6) is 0 Å². The van der Waals surface area contributed by atoms with E-state index in [9.17, 15) is 9.59 Å². The van der Waals surface area contributed by atoms with E-state index in [2.05, 4.69) is 5.32 Å². The molecule has 1 atom stereocenters. The summed E-state index contributed by atoms with van der Waals surface area (Å²) in [5.41, 5.74) is 5.66. The van der Waals surface area contributed by atoms with Crippen molar-refractivity contribution in [1.29, 1.82) is 0 Å². The fourth-order valence-electron chi connectivity index (χ4n) is 3.82. The Labute approximate surface area is 171 Å². The van der Waals surface area contributed by atoms with Gasteiger partial charge in [-0.3, -0.25) is 9.59 Å². The van der Waals surface area contributed by atoms with Gasteiger partial charge in [-0.2, -0.15) is 0 Å². The summed E-state index contributed by atoms with van der Waals surface area (Å²) in [6.45, 7) is 4.51. The van der Waals surface area contributed by atoms with Crippen molar-refractivity contribution in [3.63, 3.8) is 0 Å². The van der Waals surface area contributed by atoms with E-state index in [1.807, 2.05) is 91.5 Å². The summed E-state index contributed by atoms with van der Waals surface area (Å²) < 4.78 is 0. The Balaban J connectivity index is 1.61. The number of anilines is 1. The molecule has 0 aliphatic carbocycles. The number of carbonyl (C=O) groups excluding carboxylic acids is 2. The van der Waals surface area contributed by atoms with Crippen LogP contribution in [0.2, 0.25) is 0 Å². The lowest BCUT2D eigenvalue weighted by molar-refractivity contribution is -0.117. The minimum atomic E-state index is -0.320. The van der Waals surface area contributed by atoms with E-state index in [0.29, 0.717) is 6.54 Å². The van der Waals surface area contributed by atoms with Gasteiger partial charge in [0.1, 0.15) is 0 Å². The molecule has 3 aromatic carbocycles. The number of carbonyl (C=O) groups is 2. The quantitative estimate of drug-likeness (QED) is 0.671. The molecule has 29 heavy (non-hydrogen) atoms. The second kappa shape index (κ2) is 7.92. The van der Waals surface area contributed by atoms with Crippen LogP contribution in [0, 0.1) is 13.8 Å². The van der Waals surface area contributed by atoms with Gasteiger partial charge in [0, 0.05) is 17.8 Å². The lowest BCUT2D eigenvalue weighted by atomic mass is 10.00. The average Bonchev–Trinajstić information content (AvgIpc) is 3.05. The maximum absolute atomic E-state index is 13.1. The minimum absolute atomic E-state index is 0.0186. The van der Waals surface area contributed by atoms with Crippen molar-refractivity contribution in [3.8, 4) is 0 Å². The van der Waals surface area contributed by atoms with Crippen LogP contribution in [0.1, 0.15) is 45.1 Å². The van der Waals surface area contributed by atoms with E-state index in [4.69, 9.17) is 0 Å². The lowest BCUT2D eigenvalue weighted by Crippen LogP contribution is -2.32. The standard InChI is InChI=1S/C25H24N2O2/c1-17-11-13-19(14-12-17)23(15-24(28)26-22-10-6-3-7-18(22)2)27-16-20-8-4-5-9-21(20)25(27)29/h3-14,23H,15-16H2,1-2H3,(H,26,28)/t23-/m0/s1. The van der Waals surface area contributed by atoms with E-state index < -0.39 is 0 Å². The first-order valence-corrected chi connectivity index (χ1v) is 9.84. The third-order valence-corrected chi connectivity index (χ3v) is 5.49. The number of fused-ring (bicyclic) bond motifs is 1. The number of benzene rings is 3. The number of nitrogens with one attached hydrogen (secondary N) is 1. The molecule has 0 aromatic heterocycles. The summed E-state index contributed by atoms with van der Waals surface area (Å²) in [4.78, 5) is 27.8. The molecule has 1 N–H and O–H groups in total. The Bertz CT molecular complexity index is 1060. The van der Waals surface area contributed by atoms with E-state index >= 15 is 0 Å². The average molecular weight is 384 g/mol. The third-order valence-electron chi connectivity index (χ3n) is 5.49. The first-order valence-electron chi connectivity index (χ1n) is 9.84.